The molecular formula is C15H14BrNO3. The third-order valence-electron chi connectivity index (χ3n) is 2.66. The molecule has 2 aromatic rings. The maximum absolute atomic E-state index is 11.7. The van der Waals surface area contributed by atoms with Gasteiger partial charge in [0, 0.05) is 0 Å². The molecule has 2 rings (SSSR count). The molecule has 0 radical (unpaired) electrons. The lowest BCUT2D eigenvalue weighted by Crippen LogP contribution is -2.13. The Morgan fingerprint density at radius 1 is 1.30 bits per heavy atom. The van der Waals surface area contributed by atoms with E-state index in [4.69, 9.17) is 4.74 Å². The van der Waals surface area contributed by atoms with Crippen LogP contribution in [0.1, 0.15) is 11.1 Å². The Morgan fingerprint density at radius 2 is 2.00 bits per heavy atom. The summed E-state index contributed by atoms with van der Waals surface area (Å²) >= 11 is 3.22. The third-order valence-corrected chi connectivity index (χ3v) is 3.26. The number of carbonyl (C=O) groups is 1. The van der Waals surface area contributed by atoms with Crippen LogP contribution < -0.4 is 5.32 Å². The van der Waals surface area contributed by atoms with Gasteiger partial charge in [0.15, 0.2) is 5.75 Å². The first-order chi connectivity index (χ1) is 9.56. The van der Waals surface area contributed by atoms with Crippen molar-refractivity contribution >= 4 is 27.7 Å². The van der Waals surface area contributed by atoms with Crippen molar-refractivity contribution < 1.29 is 14.6 Å². The second kappa shape index (κ2) is 6.43. The van der Waals surface area contributed by atoms with Crippen LogP contribution in [0.4, 0.5) is 10.5 Å². The largest absolute Gasteiger partial charge is 0.505 e. The number of hydrogen-bond donors (Lipinski definition) is 2. The van der Waals surface area contributed by atoms with Crippen molar-refractivity contribution in [3.05, 3.63) is 58.1 Å². The predicted octanol–water partition coefficient (Wildman–Crippen LogP) is 4.21. The zero-order valence-corrected chi connectivity index (χ0v) is 12.5. The van der Waals surface area contributed by atoms with Crippen LogP contribution in [-0.4, -0.2) is 11.2 Å². The van der Waals surface area contributed by atoms with E-state index in [1.165, 1.54) is 0 Å². The van der Waals surface area contributed by atoms with Gasteiger partial charge < -0.3 is 9.84 Å². The number of amides is 1. The van der Waals surface area contributed by atoms with E-state index in [2.05, 4.69) is 21.2 Å². The number of rotatable bonds is 3. The second-order valence-electron chi connectivity index (χ2n) is 4.33. The standard InChI is InChI=1S/C15H14BrNO3/c1-10-7-12(16)14(18)13(8-10)17-15(19)20-9-11-5-3-2-4-6-11/h2-8,18H,9H2,1H3,(H,17,19). The van der Waals surface area contributed by atoms with Gasteiger partial charge in [-0.25, -0.2) is 4.79 Å². The maximum Gasteiger partial charge on any atom is 0.412 e. The summed E-state index contributed by atoms with van der Waals surface area (Å²) in [6, 6.07) is 12.8. The predicted molar refractivity (Wildman–Crippen MR) is 80.8 cm³/mol. The molecular weight excluding hydrogens is 322 g/mol. The summed E-state index contributed by atoms with van der Waals surface area (Å²) < 4.78 is 5.61. The minimum absolute atomic E-state index is 0.0211. The van der Waals surface area contributed by atoms with E-state index in [-0.39, 0.29) is 12.4 Å². The summed E-state index contributed by atoms with van der Waals surface area (Å²) in [6.07, 6.45) is -0.610. The Morgan fingerprint density at radius 3 is 2.70 bits per heavy atom. The molecule has 4 nitrogen and oxygen atoms in total. The maximum atomic E-state index is 11.7. The number of carbonyl (C=O) groups excluding carboxylic acids is 1. The van der Waals surface area contributed by atoms with E-state index in [9.17, 15) is 9.90 Å². The number of hydrogen-bond acceptors (Lipinski definition) is 3. The number of nitrogens with one attached hydrogen (secondary N) is 1. The fraction of sp³-hybridized carbons (Fsp3) is 0.133. The van der Waals surface area contributed by atoms with Crippen LogP contribution in [0, 0.1) is 6.92 Å². The molecule has 0 bridgehead atoms. The number of benzene rings is 2. The minimum Gasteiger partial charge on any atom is -0.505 e. The van der Waals surface area contributed by atoms with Crippen LogP contribution in [0.25, 0.3) is 0 Å². The first-order valence-corrected chi connectivity index (χ1v) is 6.82. The Kier molecular flexibility index (Phi) is 4.63. The molecule has 0 heterocycles. The molecule has 0 fully saturated rings. The SMILES string of the molecule is Cc1cc(Br)c(O)c(NC(=O)OCc2ccccc2)c1. The number of ether oxygens (including phenoxy) is 1. The van der Waals surface area contributed by atoms with Crippen LogP contribution in [-0.2, 0) is 11.3 Å². The fourth-order valence-electron chi connectivity index (χ4n) is 1.70. The third kappa shape index (κ3) is 3.74. The molecule has 20 heavy (non-hydrogen) atoms. The van der Waals surface area contributed by atoms with Gasteiger partial charge in [0.1, 0.15) is 6.61 Å². The smallest absolute Gasteiger partial charge is 0.412 e. The van der Waals surface area contributed by atoms with E-state index in [0.29, 0.717) is 10.2 Å². The summed E-state index contributed by atoms with van der Waals surface area (Å²) in [5.74, 6) is -0.0211. The van der Waals surface area contributed by atoms with Crippen LogP contribution in [0.3, 0.4) is 0 Å². The van der Waals surface area contributed by atoms with E-state index >= 15 is 0 Å². The molecule has 104 valence electrons. The second-order valence-corrected chi connectivity index (χ2v) is 5.18. The summed E-state index contributed by atoms with van der Waals surface area (Å²) in [7, 11) is 0. The van der Waals surface area contributed by atoms with Crippen molar-refractivity contribution in [2.24, 2.45) is 0 Å². The molecule has 2 aromatic carbocycles. The Bertz CT molecular complexity index is 614. The van der Waals surface area contributed by atoms with Crippen LogP contribution >= 0.6 is 15.9 Å². The van der Waals surface area contributed by atoms with Crippen LogP contribution in [0.5, 0.6) is 5.75 Å². The highest BCUT2D eigenvalue weighted by Crippen LogP contribution is 2.33. The van der Waals surface area contributed by atoms with Crippen molar-refractivity contribution in [3.8, 4) is 5.75 Å². The van der Waals surface area contributed by atoms with E-state index in [1.54, 1.807) is 12.1 Å². The van der Waals surface area contributed by atoms with Gasteiger partial charge in [-0.2, -0.15) is 0 Å². The van der Waals surface area contributed by atoms with Gasteiger partial charge in [-0.05, 0) is 46.1 Å². The highest BCUT2D eigenvalue weighted by Gasteiger charge is 2.11. The highest BCUT2D eigenvalue weighted by atomic mass is 79.9. The normalized spacial score (nSPS) is 10.1. The monoisotopic (exact) mass is 335 g/mol. The van der Waals surface area contributed by atoms with E-state index in [0.717, 1.165) is 11.1 Å². The lowest BCUT2D eigenvalue weighted by Gasteiger charge is -2.10. The summed E-state index contributed by atoms with van der Waals surface area (Å²) in [5.41, 5.74) is 2.13. The number of halogens is 1. The molecule has 0 aliphatic heterocycles. The molecule has 0 saturated carbocycles. The van der Waals surface area contributed by atoms with E-state index in [1.807, 2.05) is 37.3 Å². The van der Waals surface area contributed by atoms with Crippen molar-refractivity contribution in [1.82, 2.24) is 0 Å². The zero-order valence-electron chi connectivity index (χ0n) is 10.9. The number of aryl methyl sites for hydroxylation is 1. The van der Waals surface area contributed by atoms with Gasteiger partial charge >= 0.3 is 6.09 Å². The minimum atomic E-state index is -0.610. The lowest BCUT2D eigenvalue weighted by atomic mass is 10.2. The van der Waals surface area contributed by atoms with Gasteiger partial charge in [0.25, 0.3) is 0 Å². The van der Waals surface area contributed by atoms with Crippen LogP contribution in [0.2, 0.25) is 0 Å². The molecule has 5 heteroatoms. The van der Waals surface area contributed by atoms with Crippen molar-refractivity contribution in [2.45, 2.75) is 13.5 Å². The van der Waals surface area contributed by atoms with Gasteiger partial charge in [-0.3, -0.25) is 5.32 Å². The molecule has 0 unspecified atom stereocenters. The number of anilines is 1. The Balaban J connectivity index is 1.98. The average Bonchev–Trinajstić information content (AvgIpc) is 2.43. The quantitative estimate of drug-likeness (QED) is 0.826. The summed E-state index contributed by atoms with van der Waals surface area (Å²) in [5, 5.41) is 12.4. The molecule has 0 saturated heterocycles. The number of phenols is 1. The highest BCUT2D eigenvalue weighted by molar-refractivity contribution is 9.10. The van der Waals surface area contributed by atoms with Gasteiger partial charge in [0.2, 0.25) is 0 Å². The summed E-state index contributed by atoms with van der Waals surface area (Å²) in [6.45, 7) is 2.05. The first kappa shape index (κ1) is 14.4. The first-order valence-electron chi connectivity index (χ1n) is 6.03. The molecule has 0 aliphatic rings. The number of aromatic hydroxyl groups is 1. The summed E-state index contributed by atoms with van der Waals surface area (Å²) in [4.78, 5) is 11.7. The lowest BCUT2D eigenvalue weighted by molar-refractivity contribution is 0.155. The molecule has 0 atom stereocenters. The fourth-order valence-corrected chi connectivity index (χ4v) is 2.27. The topological polar surface area (TPSA) is 58.6 Å². The molecule has 1 amide bonds. The number of phenolic OH excluding ortho intramolecular Hbond substituents is 1. The van der Waals surface area contributed by atoms with Gasteiger partial charge in [-0.15, -0.1) is 0 Å². The Hall–Kier alpha value is -2.01. The van der Waals surface area contributed by atoms with Crippen molar-refractivity contribution in [3.63, 3.8) is 0 Å². The van der Waals surface area contributed by atoms with Gasteiger partial charge in [-0.1, -0.05) is 30.3 Å². The molecule has 0 aliphatic carbocycles. The van der Waals surface area contributed by atoms with E-state index < -0.39 is 6.09 Å². The van der Waals surface area contributed by atoms with Gasteiger partial charge in [0.05, 0.1) is 10.2 Å². The van der Waals surface area contributed by atoms with Crippen molar-refractivity contribution in [2.75, 3.05) is 5.32 Å². The van der Waals surface area contributed by atoms with Crippen molar-refractivity contribution in [1.29, 1.82) is 0 Å². The Labute approximate surface area is 125 Å². The van der Waals surface area contributed by atoms with Crippen LogP contribution in [0.15, 0.2) is 46.9 Å². The molecule has 2 N–H and O–H groups in total. The molecule has 0 aromatic heterocycles. The average molecular weight is 336 g/mol. The zero-order chi connectivity index (χ0) is 14.5. The molecule has 0 spiro atoms.